The molecule has 1 aliphatic heterocycles. The van der Waals surface area contributed by atoms with Crippen LogP contribution in [0.25, 0.3) is 0 Å². The van der Waals surface area contributed by atoms with Crippen molar-refractivity contribution in [2.45, 2.75) is 12.8 Å². The predicted molar refractivity (Wildman–Crippen MR) is 71.7 cm³/mol. The summed E-state index contributed by atoms with van der Waals surface area (Å²) < 4.78 is 13.2. The third-order valence-corrected chi connectivity index (χ3v) is 3.03. The van der Waals surface area contributed by atoms with Crippen LogP contribution in [0.5, 0.6) is 0 Å². The van der Waals surface area contributed by atoms with Crippen molar-refractivity contribution in [1.29, 1.82) is 0 Å². The fourth-order valence-electron chi connectivity index (χ4n) is 2.05. The summed E-state index contributed by atoms with van der Waals surface area (Å²) in [5.41, 5.74) is 1.57. The zero-order valence-corrected chi connectivity index (χ0v) is 10.5. The monoisotopic (exact) mass is 265 g/mol. The second-order valence-corrected chi connectivity index (χ2v) is 4.45. The molecule has 0 fully saturated rings. The minimum atomic E-state index is -0.599. The van der Waals surface area contributed by atoms with Gasteiger partial charge in [-0.05, 0) is 25.5 Å². The Hall–Kier alpha value is -1.95. The van der Waals surface area contributed by atoms with Gasteiger partial charge in [-0.2, -0.15) is 0 Å². The highest BCUT2D eigenvalue weighted by Crippen LogP contribution is 2.20. The number of nitro groups is 1. The van der Waals surface area contributed by atoms with Crippen LogP contribution in [-0.4, -0.2) is 24.6 Å². The predicted octanol–water partition coefficient (Wildman–Crippen LogP) is 2.46. The zero-order valence-electron chi connectivity index (χ0n) is 10.5. The van der Waals surface area contributed by atoms with E-state index in [-0.39, 0.29) is 5.69 Å². The molecule has 1 aromatic rings. The average molecular weight is 265 g/mol. The van der Waals surface area contributed by atoms with Gasteiger partial charge in [0.15, 0.2) is 0 Å². The van der Waals surface area contributed by atoms with Gasteiger partial charge in [0.25, 0.3) is 5.69 Å². The summed E-state index contributed by atoms with van der Waals surface area (Å²) in [6.45, 7) is 2.52. The van der Waals surface area contributed by atoms with Crippen LogP contribution in [0.15, 0.2) is 29.8 Å². The van der Waals surface area contributed by atoms with E-state index in [9.17, 15) is 14.5 Å². The maximum atomic E-state index is 13.2. The molecule has 0 saturated carbocycles. The molecule has 5 nitrogen and oxygen atoms in total. The van der Waals surface area contributed by atoms with Gasteiger partial charge in [0.2, 0.25) is 0 Å². The van der Waals surface area contributed by atoms with E-state index >= 15 is 0 Å². The fourth-order valence-corrected chi connectivity index (χ4v) is 2.05. The van der Waals surface area contributed by atoms with Crippen LogP contribution in [-0.2, 0) is 0 Å². The van der Waals surface area contributed by atoms with Crippen LogP contribution in [0, 0.1) is 15.9 Å². The van der Waals surface area contributed by atoms with Crippen LogP contribution in [0.1, 0.15) is 12.8 Å². The smallest absolute Gasteiger partial charge is 0.274 e. The Morgan fingerprint density at radius 1 is 1.42 bits per heavy atom. The molecule has 0 amide bonds. The van der Waals surface area contributed by atoms with Crippen LogP contribution in [0.4, 0.5) is 15.8 Å². The number of nitrogens with one attached hydrogen (secondary N) is 2. The van der Waals surface area contributed by atoms with Gasteiger partial charge in [-0.25, -0.2) is 4.39 Å². The number of nitro benzene ring substituents is 1. The second-order valence-electron chi connectivity index (χ2n) is 4.45. The van der Waals surface area contributed by atoms with Crippen molar-refractivity contribution in [2.24, 2.45) is 0 Å². The third kappa shape index (κ3) is 4.03. The van der Waals surface area contributed by atoms with E-state index in [1.165, 1.54) is 17.7 Å². The molecule has 0 unspecified atom stereocenters. The minimum Gasteiger partial charge on any atom is -0.384 e. The van der Waals surface area contributed by atoms with Gasteiger partial charge < -0.3 is 10.6 Å². The van der Waals surface area contributed by atoms with Crippen molar-refractivity contribution in [3.63, 3.8) is 0 Å². The highest BCUT2D eigenvalue weighted by molar-refractivity contribution is 5.51. The van der Waals surface area contributed by atoms with Crippen LogP contribution >= 0.6 is 0 Å². The number of anilines is 1. The minimum absolute atomic E-state index is 0.233. The lowest BCUT2D eigenvalue weighted by Gasteiger charge is -2.14. The number of hydrogen-bond acceptors (Lipinski definition) is 4. The Morgan fingerprint density at radius 2 is 2.26 bits per heavy atom. The number of halogens is 1. The van der Waals surface area contributed by atoms with E-state index < -0.39 is 10.7 Å². The molecule has 102 valence electrons. The standard InChI is InChI=1S/C13H16FN3O2/c14-11-7-12(9-13(8-11)17(18)19)16-6-3-10-1-4-15-5-2-10/h1,7-9,15-16H,2-6H2. The first-order chi connectivity index (χ1) is 9.15. The summed E-state index contributed by atoms with van der Waals surface area (Å²) in [6.07, 6.45) is 4.04. The number of non-ortho nitro benzene ring substituents is 1. The van der Waals surface area contributed by atoms with E-state index in [0.29, 0.717) is 12.2 Å². The van der Waals surface area contributed by atoms with Crippen LogP contribution in [0.3, 0.4) is 0 Å². The Morgan fingerprint density at radius 3 is 2.95 bits per heavy atom. The summed E-state index contributed by atoms with van der Waals surface area (Å²) in [5, 5.41) is 16.9. The summed E-state index contributed by atoms with van der Waals surface area (Å²) in [7, 11) is 0. The Labute approximate surface area is 110 Å². The number of hydrogen-bond donors (Lipinski definition) is 2. The van der Waals surface area contributed by atoms with Gasteiger partial charge in [0.1, 0.15) is 5.82 Å². The van der Waals surface area contributed by atoms with E-state index in [2.05, 4.69) is 16.7 Å². The summed E-state index contributed by atoms with van der Waals surface area (Å²) in [6, 6.07) is 3.53. The molecule has 1 aromatic carbocycles. The van der Waals surface area contributed by atoms with Gasteiger partial charge in [-0.15, -0.1) is 0 Å². The van der Waals surface area contributed by atoms with Crippen molar-refractivity contribution in [2.75, 3.05) is 25.0 Å². The van der Waals surface area contributed by atoms with Gasteiger partial charge in [0.05, 0.1) is 11.0 Å². The molecular weight excluding hydrogens is 249 g/mol. The molecule has 0 aromatic heterocycles. The molecule has 1 heterocycles. The largest absolute Gasteiger partial charge is 0.384 e. The van der Waals surface area contributed by atoms with E-state index in [1.807, 2.05) is 0 Å². The second kappa shape index (κ2) is 6.29. The molecule has 0 saturated heterocycles. The molecule has 1 aliphatic rings. The first-order valence-electron chi connectivity index (χ1n) is 6.22. The normalized spacial score (nSPS) is 14.9. The van der Waals surface area contributed by atoms with Crippen molar-refractivity contribution < 1.29 is 9.31 Å². The Balaban J connectivity index is 1.92. The molecule has 19 heavy (non-hydrogen) atoms. The molecular formula is C13H16FN3O2. The highest BCUT2D eigenvalue weighted by Gasteiger charge is 2.09. The van der Waals surface area contributed by atoms with Gasteiger partial charge >= 0.3 is 0 Å². The first-order valence-corrected chi connectivity index (χ1v) is 6.22. The highest BCUT2D eigenvalue weighted by atomic mass is 19.1. The van der Waals surface area contributed by atoms with Crippen LogP contribution in [0.2, 0.25) is 0 Å². The zero-order chi connectivity index (χ0) is 13.7. The summed E-state index contributed by atoms with van der Waals surface area (Å²) >= 11 is 0. The number of benzene rings is 1. The molecule has 0 aliphatic carbocycles. The third-order valence-electron chi connectivity index (χ3n) is 3.03. The van der Waals surface area contributed by atoms with Gasteiger partial charge in [-0.1, -0.05) is 11.6 Å². The van der Waals surface area contributed by atoms with E-state index in [4.69, 9.17) is 0 Å². The molecule has 0 radical (unpaired) electrons. The molecule has 0 bridgehead atoms. The Bertz CT molecular complexity index is 503. The van der Waals surface area contributed by atoms with Gasteiger partial charge in [-0.3, -0.25) is 10.1 Å². The van der Waals surface area contributed by atoms with E-state index in [0.717, 1.165) is 32.0 Å². The maximum Gasteiger partial charge on any atom is 0.274 e. The SMILES string of the molecule is O=[N+]([O-])c1cc(F)cc(NCCC2=CCNCC2)c1. The lowest BCUT2D eigenvalue weighted by Crippen LogP contribution is -2.21. The molecule has 6 heteroatoms. The van der Waals surface area contributed by atoms with Crippen molar-refractivity contribution in [3.05, 3.63) is 45.8 Å². The Kier molecular flexibility index (Phi) is 4.46. The van der Waals surface area contributed by atoms with Gasteiger partial charge in [0, 0.05) is 24.8 Å². The number of rotatable bonds is 5. The summed E-state index contributed by atoms with van der Waals surface area (Å²) in [5.74, 6) is -0.599. The fraction of sp³-hybridized carbons (Fsp3) is 0.385. The molecule has 2 rings (SSSR count). The molecule has 0 atom stereocenters. The van der Waals surface area contributed by atoms with Crippen molar-refractivity contribution >= 4 is 11.4 Å². The maximum absolute atomic E-state index is 13.2. The number of nitrogens with zero attached hydrogens (tertiary/aromatic N) is 1. The summed E-state index contributed by atoms with van der Waals surface area (Å²) in [4.78, 5) is 10.0. The van der Waals surface area contributed by atoms with Crippen molar-refractivity contribution in [1.82, 2.24) is 5.32 Å². The van der Waals surface area contributed by atoms with E-state index in [1.54, 1.807) is 0 Å². The molecule has 2 N–H and O–H groups in total. The molecule has 0 spiro atoms. The lowest BCUT2D eigenvalue weighted by atomic mass is 10.1. The van der Waals surface area contributed by atoms with Crippen molar-refractivity contribution in [3.8, 4) is 0 Å². The quantitative estimate of drug-likeness (QED) is 0.487. The first kappa shape index (κ1) is 13.5. The lowest BCUT2D eigenvalue weighted by molar-refractivity contribution is -0.385. The van der Waals surface area contributed by atoms with Crippen LogP contribution < -0.4 is 10.6 Å². The topological polar surface area (TPSA) is 67.2 Å². The average Bonchev–Trinajstić information content (AvgIpc) is 2.39.